The Kier molecular flexibility index (Phi) is 5.97. The van der Waals surface area contributed by atoms with Gasteiger partial charge in [-0.2, -0.15) is 0 Å². The molecular weight excluding hydrogens is 300 g/mol. The van der Waals surface area contributed by atoms with Gasteiger partial charge in [-0.3, -0.25) is 0 Å². The van der Waals surface area contributed by atoms with Crippen LogP contribution in [0.5, 0.6) is 0 Å². The summed E-state index contributed by atoms with van der Waals surface area (Å²) in [6.07, 6.45) is 9.84. The van der Waals surface area contributed by atoms with Crippen molar-refractivity contribution < 1.29 is 9.53 Å². The molecule has 0 saturated heterocycles. The summed E-state index contributed by atoms with van der Waals surface area (Å²) in [6, 6.07) is 0. The first-order valence-corrected chi connectivity index (χ1v) is 12.3. The summed E-state index contributed by atoms with van der Waals surface area (Å²) in [7, 11) is -1.63. The van der Waals surface area contributed by atoms with Gasteiger partial charge in [0.15, 0.2) is 8.32 Å². The molecule has 0 bridgehead atoms. The van der Waals surface area contributed by atoms with E-state index in [0.29, 0.717) is 11.8 Å². The Morgan fingerprint density at radius 3 is 2.65 bits per heavy atom. The van der Waals surface area contributed by atoms with Crippen LogP contribution in [0.3, 0.4) is 0 Å². The summed E-state index contributed by atoms with van der Waals surface area (Å²) in [6.45, 7) is 14.7. The predicted molar refractivity (Wildman–Crippen MR) is 101 cm³/mol. The lowest BCUT2D eigenvalue weighted by molar-refractivity contribution is 0.162. The molecule has 0 unspecified atom stereocenters. The Morgan fingerprint density at radius 1 is 1.30 bits per heavy atom. The monoisotopic (exact) mass is 336 g/mol. The molecule has 132 valence electrons. The molecule has 0 heterocycles. The van der Waals surface area contributed by atoms with Crippen LogP contribution in [0.15, 0.2) is 23.3 Å². The van der Waals surface area contributed by atoms with Crippen molar-refractivity contribution in [2.24, 2.45) is 11.8 Å². The zero-order chi connectivity index (χ0) is 17.3. The zero-order valence-electron chi connectivity index (χ0n) is 16.0. The van der Waals surface area contributed by atoms with Gasteiger partial charge in [-0.05, 0) is 73.2 Å². The van der Waals surface area contributed by atoms with Crippen molar-refractivity contribution in [2.45, 2.75) is 84.0 Å². The lowest BCUT2D eigenvalue weighted by atomic mass is 9.71. The molecule has 0 fully saturated rings. The minimum Gasteiger partial charge on any atom is -0.417 e. The topological polar surface area (TPSA) is 29.5 Å². The van der Waals surface area contributed by atoms with Gasteiger partial charge in [0.05, 0.1) is 6.10 Å². The van der Waals surface area contributed by atoms with Gasteiger partial charge in [-0.15, -0.1) is 0 Å². The molecule has 0 spiro atoms. The van der Waals surface area contributed by atoms with Crippen molar-refractivity contribution in [1.82, 2.24) is 0 Å². The molecule has 0 aromatic heterocycles. The van der Waals surface area contributed by atoms with E-state index in [4.69, 9.17) is 4.43 Å². The van der Waals surface area contributed by atoms with Gasteiger partial charge in [0.25, 0.3) is 0 Å². The number of hydrogen-bond donors (Lipinski definition) is 1. The van der Waals surface area contributed by atoms with E-state index in [9.17, 15) is 5.11 Å². The van der Waals surface area contributed by atoms with Crippen LogP contribution in [0.2, 0.25) is 18.1 Å². The molecule has 1 N–H and O–H groups in total. The van der Waals surface area contributed by atoms with Crippen molar-refractivity contribution in [3.8, 4) is 0 Å². The molecule has 0 amide bonds. The fraction of sp³-hybridized carbons (Fsp3) is 0.800. The molecule has 0 aromatic rings. The first-order chi connectivity index (χ1) is 10.6. The van der Waals surface area contributed by atoms with Crippen molar-refractivity contribution >= 4 is 8.32 Å². The summed E-state index contributed by atoms with van der Waals surface area (Å²) < 4.78 is 6.33. The number of allylic oxidation sites excluding steroid dienone is 3. The summed E-state index contributed by atoms with van der Waals surface area (Å²) >= 11 is 0. The number of hydrogen-bond acceptors (Lipinski definition) is 2. The maximum absolute atomic E-state index is 10.5. The largest absolute Gasteiger partial charge is 0.417 e. The van der Waals surface area contributed by atoms with E-state index in [1.54, 1.807) is 0 Å². The van der Waals surface area contributed by atoms with E-state index in [1.807, 2.05) is 0 Å². The van der Waals surface area contributed by atoms with Gasteiger partial charge >= 0.3 is 0 Å². The van der Waals surface area contributed by atoms with E-state index in [-0.39, 0.29) is 11.1 Å². The summed E-state index contributed by atoms with van der Waals surface area (Å²) in [4.78, 5) is 0. The summed E-state index contributed by atoms with van der Waals surface area (Å²) in [5, 5.41) is 10.7. The SMILES string of the molecule is C[C@H]1C=CC2=C([C@H]1CCCO[Si](C)(C)C(C)(C)C)[C@@H](O)CCC2. The third kappa shape index (κ3) is 4.37. The summed E-state index contributed by atoms with van der Waals surface area (Å²) in [5.41, 5.74) is 2.76. The quantitative estimate of drug-likeness (QED) is 0.534. The van der Waals surface area contributed by atoms with Gasteiger partial charge in [-0.25, -0.2) is 0 Å². The average molecular weight is 337 g/mol. The highest BCUT2D eigenvalue weighted by atomic mass is 28.4. The molecule has 0 radical (unpaired) electrons. The Hall–Kier alpha value is -0.383. The number of aliphatic hydroxyl groups is 1. The molecule has 0 aromatic carbocycles. The second-order valence-corrected chi connectivity index (χ2v) is 13.8. The second kappa shape index (κ2) is 7.24. The van der Waals surface area contributed by atoms with Crippen LogP contribution < -0.4 is 0 Å². The first-order valence-electron chi connectivity index (χ1n) is 9.36. The number of aliphatic hydroxyl groups excluding tert-OH is 1. The Bertz CT molecular complexity index is 471. The van der Waals surface area contributed by atoms with Crippen LogP contribution in [0.1, 0.15) is 59.8 Å². The fourth-order valence-electron chi connectivity index (χ4n) is 3.62. The molecule has 0 saturated carbocycles. The maximum Gasteiger partial charge on any atom is 0.191 e. The lowest BCUT2D eigenvalue weighted by Crippen LogP contribution is -2.41. The molecule has 2 rings (SSSR count). The minimum atomic E-state index is -1.63. The Balaban J connectivity index is 1.92. The van der Waals surface area contributed by atoms with Gasteiger partial charge in [0, 0.05) is 6.61 Å². The fourth-order valence-corrected chi connectivity index (χ4v) is 4.70. The standard InChI is InChI=1S/C20H36O2Si/c1-15-12-13-16-9-7-11-18(21)19(16)17(15)10-8-14-22-23(5,6)20(2,3)4/h12-13,15,17-18,21H,7-11,14H2,1-6H3/t15-,17-,18-/m0/s1. The Labute approximate surface area is 144 Å². The van der Waals surface area contributed by atoms with Crippen LogP contribution in [-0.4, -0.2) is 26.1 Å². The third-order valence-electron chi connectivity index (χ3n) is 6.22. The highest BCUT2D eigenvalue weighted by Crippen LogP contribution is 2.41. The minimum absolute atomic E-state index is 0.211. The van der Waals surface area contributed by atoms with Crippen molar-refractivity contribution in [1.29, 1.82) is 0 Å². The van der Waals surface area contributed by atoms with Crippen LogP contribution >= 0.6 is 0 Å². The average Bonchev–Trinajstić information content (AvgIpc) is 2.44. The van der Waals surface area contributed by atoms with Gasteiger partial charge in [0.1, 0.15) is 0 Å². The molecule has 3 heteroatoms. The molecule has 2 aliphatic rings. The molecule has 3 atom stereocenters. The Morgan fingerprint density at radius 2 is 2.00 bits per heavy atom. The van der Waals surface area contributed by atoms with Crippen LogP contribution in [0.4, 0.5) is 0 Å². The predicted octanol–water partition coefficient (Wildman–Crippen LogP) is 5.45. The molecular formula is C20H36O2Si. The second-order valence-electron chi connectivity index (χ2n) is 8.96. The van der Waals surface area contributed by atoms with Gasteiger partial charge < -0.3 is 9.53 Å². The van der Waals surface area contributed by atoms with E-state index in [0.717, 1.165) is 38.7 Å². The summed E-state index contributed by atoms with van der Waals surface area (Å²) in [5.74, 6) is 1.04. The normalized spacial score (nSPS) is 28.9. The smallest absolute Gasteiger partial charge is 0.191 e. The van der Waals surface area contributed by atoms with Gasteiger partial charge in [0.2, 0.25) is 0 Å². The maximum atomic E-state index is 10.5. The van der Waals surface area contributed by atoms with Crippen LogP contribution in [0, 0.1) is 11.8 Å². The van der Waals surface area contributed by atoms with Crippen LogP contribution in [-0.2, 0) is 4.43 Å². The van der Waals surface area contributed by atoms with E-state index in [2.05, 4.69) is 52.9 Å². The number of rotatable bonds is 5. The lowest BCUT2D eigenvalue weighted by Gasteiger charge is -2.37. The van der Waals surface area contributed by atoms with Crippen molar-refractivity contribution in [2.75, 3.05) is 6.61 Å². The van der Waals surface area contributed by atoms with Crippen LogP contribution in [0.25, 0.3) is 0 Å². The van der Waals surface area contributed by atoms with E-state index >= 15 is 0 Å². The highest BCUT2D eigenvalue weighted by molar-refractivity contribution is 6.74. The van der Waals surface area contributed by atoms with Gasteiger partial charge in [-0.1, -0.05) is 39.8 Å². The van der Waals surface area contributed by atoms with E-state index in [1.165, 1.54) is 11.1 Å². The zero-order valence-corrected chi connectivity index (χ0v) is 17.0. The highest BCUT2D eigenvalue weighted by Gasteiger charge is 2.37. The molecule has 2 aliphatic carbocycles. The molecule has 23 heavy (non-hydrogen) atoms. The third-order valence-corrected chi connectivity index (χ3v) is 10.8. The van der Waals surface area contributed by atoms with Crippen molar-refractivity contribution in [3.63, 3.8) is 0 Å². The molecule has 0 aliphatic heterocycles. The molecule has 2 nitrogen and oxygen atoms in total. The first kappa shape index (κ1) is 18.9. The van der Waals surface area contributed by atoms with Crippen molar-refractivity contribution in [3.05, 3.63) is 23.3 Å². The van der Waals surface area contributed by atoms with E-state index < -0.39 is 8.32 Å².